The fourth-order valence-corrected chi connectivity index (χ4v) is 2.68. The second-order valence-corrected chi connectivity index (χ2v) is 4.84. The predicted octanol–water partition coefficient (Wildman–Crippen LogP) is 2.41. The van der Waals surface area contributed by atoms with Crippen LogP contribution in [0.2, 0.25) is 0 Å². The van der Waals surface area contributed by atoms with Gasteiger partial charge in [-0.3, -0.25) is 0 Å². The summed E-state index contributed by atoms with van der Waals surface area (Å²) in [5.74, 6) is -2.66. The first-order chi connectivity index (χ1) is 8.02. The maximum absolute atomic E-state index is 13.6. The van der Waals surface area contributed by atoms with E-state index >= 15 is 0 Å². The van der Waals surface area contributed by atoms with Crippen LogP contribution in [0.15, 0.2) is 30.5 Å². The number of nitrogens with two attached hydrogens (primary N) is 1. The lowest BCUT2D eigenvalue weighted by Crippen LogP contribution is -2.26. The molecular formula is C13H14F2N2. The summed E-state index contributed by atoms with van der Waals surface area (Å²) in [6, 6.07) is 7.60. The molecule has 3 rings (SSSR count). The topological polar surface area (TPSA) is 30.9 Å². The maximum Gasteiger partial charge on any atom is 0.260 e. The molecule has 1 fully saturated rings. The van der Waals surface area contributed by atoms with Gasteiger partial charge < -0.3 is 10.3 Å². The van der Waals surface area contributed by atoms with Gasteiger partial charge in [0.15, 0.2) is 0 Å². The van der Waals surface area contributed by atoms with Crippen molar-refractivity contribution >= 4 is 10.9 Å². The van der Waals surface area contributed by atoms with Crippen LogP contribution in [0.3, 0.4) is 0 Å². The molecule has 0 saturated heterocycles. The molecule has 0 radical (unpaired) electrons. The second-order valence-electron chi connectivity index (χ2n) is 4.84. The minimum Gasteiger partial charge on any atom is -0.350 e. The molecule has 0 aliphatic heterocycles. The summed E-state index contributed by atoms with van der Waals surface area (Å²) in [6.07, 6.45) is 1.66. The molecule has 1 unspecified atom stereocenters. The number of fused-ring (bicyclic) bond motifs is 1. The molecule has 1 aromatic carbocycles. The van der Waals surface area contributed by atoms with E-state index in [1.54, 1.807) is 6.20 Å². The van der Waals surface area contributed by atoms with Gasteiger partial charge in [-0.1, -0.05) is 18.2 Å². The van der Waals surface area contributed by atoms with Crippen molar-refractivity contribution in [3.8, 4) is 0 Å². The van der Waals surface area contributed by atoms with Crippen molar-refractivity contribution in [1.82, 2.24) is 4.57 Å². The third kappa shape index (κ3) is 1.21. The highest BCUT2D eigenvalue weighted by Gasteiger charge is 2.71. The zero-order valence-electron chi connectivity index (χ0n) is 9.58. The molecule has 1 heterocycles. The van der Waals surface area contributed by atoms with Gasteiger partial charge in [-0.15, -0.1) is 0 Å². The summed E-state index contributed by atoms with van der Waals surface area (Å²) in [4.78, 5) is 0. The van der Waals surface area contributed by atoms with Crippen LogP contribution in [0.5, 0.6) is 0 Å². The Hall–Kier alpha value is -1.42. The van der Waals surface area contributed by atoms with Crippen LogP contribution in [0.25, 0.3) is 10.9 Å². The minimum absolute atomic E-state index is 0.00594. The van der Waals surface area contributed by atoms with Gasteiger partial charge in [0.25, 0.3) is 5.92 Å². The smallest absolute Gasteiger partial charge is 0.260 e. The van der Waals surface area contributed by atoms with E-state index < -0.39 is 11.3 Å². The molecule has 4 heteroatoms. The molecule has 1 aliphatic carbocycles. The fraction of sp³-hybridized carbons (Fsp3) is 0.385. The third-order valence-electron chi connectivity index (χ3n) is 3.86. The Balaban J connectivity index is 2.26. The summed E-state index contributed by atoms with van der Waals surface area (Å²) in [6.45, 7) is -0.00594. The fourth-order valence-electron chi connectivity index (χ4n) is 2.68. The summed E-state index contributed by atoms with van der Waals surface area (Å²) < 4.78 is 29.1. The quantitative estimate of drug-likeness (QED) is 0.853. The van der Waals surface area contributed by atoms with Crippen molar-refractivity contribution in [2.75, 3.05) is 6.54 Å². The number of alkyl halides is 2. The first kappa shape index (κ1) is 10.7. The Labute approximate surface area is 98.0 Å². The highest BCUT2D eigenvalue weighted by atomic mass is 19.3. The van der Waals surface area contributed by atoms with Crippen molar-refractivity contribution in [2.45, 2.75) is 17.8 Å². The molecular weight excluding hydrogens is 222 g/mol. The second kappa shape index (κ2) is 3.07. The van der Waals surface area contributed by atoms with Crippen LogP contribution in [-0.4, -0.2) is 17.0 Å². The van der Waals surface area contributed by atoms with Gasteiger partial charge in [-0.05, 0) is 11.6 Å². The van der Waals surface area contributed by atoms with Crippen LogP contribution in [-0.2, 0) is 12.5 Å². The maximum atomic E-state index is 13.6. The Morgan fingerprint density at radius 3 is 2.59 bits per heavy atom. The molecule has 0 bridgehead atoms. The lowest BCUT2D eigenvalue weighted by molar-refractivity contribution is 0.0899. The number of aromatic nitrogens is 1. The van der Waals surface area contributed by atoms with E-state index in [2.05, 4.69) is 0 Å². The van der Waals surface area contributed by atoms with Crippen LogP contribution < -0.4 is 5.73 Å². The molecule has 17 heavy (non-hydrogen) atoms. The van der Waals surface area contributed by atoms with Gasteiger partial charge in [0.05, 0.1) is 5.41 Å². The van der Waals surface area contributed by atoms with Crippen LogP contribution in [0.1, 0.15) is 12.0 Å². The first-order valence-corrected chi connectivity index (χ1v) is 5.64. The number of hydrogen-bond acceptors (Lipinski definition) is 1. The number of nitrogens with zero attached hydrogens (tertiary/aromatic N) is 1. The van der Waals surface area contributed by atoms with Crippen LogP contribution in [0, 0.1) is 0 Å². The molecule has 2 N–H and O–H groups in total. The number of para-hydroxylation sites is 1. The van der Waals surface area contributed by atoms with Crippen molar-refractivity contribution in [2.24, 2.45) is 12.8 Å². The molecule has 2 aromatic rings. The van der Waals surface area contributed by atoms with E-state index in [0.717, 1.165) is 10.9 Å². The number of halogens is 2. The third-order valence-corrected chi connectivity index (χ3v) is 3.86. The minimum atomic E-state index is -2.66. The van der Waals surface area contributed by atoms with Gasteiger partial charge in [0.1, 0.15) is 0 Å². The first-order valence-electron chi connectivity index (χ1n) is 5.64. The highest BCUT2D eigenvalue weighted by molar-refractivity contribution is 5.86. The summed E-state index contributed by atoms with van der Waals surface area (Å²) in [5, 5.41) is 0.887. The Bertz CT molecular complexity index is 588. The SMILES string of the molecule is Cn1cc(C2(CN)CC2(F)F)c2ccccc21. The number of hydrogen-bond donors (Lipinski definition) is 1. The molecule has 1 saturated carbocycles. The van der Waals surface area contributed by atoms with E-state index in [0.29, 0.717) is 5.56 Å². The van der Waals surface area contributed by atoms with E-state index in [1.165, 1.54) is 0 Å². The van der Waals surface area contributed by atoms with E-state index in [9.17, 15) is 8.78 Å². The van der Waals surface area contributed by atoms with Gasteiger partial charge >= 0.3 is 0 Å². The average Bonchev–Trinajstić information content (AvgIpc) is 2.72. The zero-order chi connectivity index (χ0) is 12.3. The molecule has 1 aliphatic rings. The van der Waals surface area contributed by atoms with E-state index in [1.807, 2.05) is 35.9 Å². The van der Waals surface area contributed by atoms with E-state index in [4.69, 9.17) is 5.73 Å². The zero-order valence-corrected chi connectivity index (χ0v) is 9.58. The Morgan fingerprint density at radius 1 is 1.35 bits per heavy atom. The van der Waals surface area contributed by atoms with Crippen molar-refractivity contribution in [3.05, 3.63) is 36.0 Å². The predicted molar refractivity (Wildman–Crippen MR) is 63.2 cm³/mol. The van der Waals surface area contributed by atoms with Crippen molar-refractivity contribution < 1.29 is 8.78 Å². The summed E-state index contributed by atoms with van der Waals surface area (Å²) in [7, 11) is 1.87. The van der Waals surface area contributed by atoms with Gasteiger partial charge in [-0.2, -0.15) is 0 Å². The normalized spacial score (nSPS) is 26.4. The van der Waals surface area contributed by atoms with Gasteiger partial charge in [0.2, 0.25) is 0 Å². The molecule has 90 valence electrons. The average molecular weight is 236 g/mol. The lowest BCUT2D eigenvalue weighted by Gasteiger charge is -2.12. The van der Waals surface area contributed by atoms with Crippen LogP contribution >= 0.6 is 0 Å². The number of aryl methyl sites for hydroxylation is 1. The monoisotopic (exact) mass is 236 g/mol. The molecule has 1 aromatic heterocycles. The van der Waals surface area contributed by atoms with Crippen molar-refractivity contribution in [1.29, 1.82) is 0 Å². The Kier molecular flexibility index (Phi) is 1.94. The molecule has 2 nitrogen and oxygen atoms in total. The molecule has 1 atom stereocenters. The lowest BCUT2D eigenvalue weighted by atomic mass is 9.95. The molecule has 0 spiro atoms. The standard InChI is InChI=1S/C13H14F2N2/c1-17-6-10(9-4-2-3-5-11(9)17)12(8-16)7-13(12,14)15/h2-6H,7-8,16H2,1H3. The van der Waals surface area contributed by atoms with Crippen LogP contribution in [0.4, 0.5) is 8.78 Å². The summed E-state index contributed by atoms with van der Waals surface area (Å²) >= 11 is 0. The number of benzene rings is 1. The summed E-state index contributed by atoms with van der Waals surface area (Å²) in [5.41, 5.74) is 6.10. The Morgan fingerprint density at radius 2 is 2.00 bits per heavy atom. The van der Waals surface area contributed by atoms with Gasteiger partial charge in [-0.25, -0.2) is 8.78 Å². The molecule has 0 amide bonds. The largest absolute Gasteiger partial charge is 0.350 e. The van der Waals surface area contributed by atoms with E-state index in [-0.39, 0.29) is 13.0 Å². The number of rotatable bonds is 2. The van der Waals surface area contributed by atoms with Crippen molar-refractivity contribution in [3.63, 3.8) is 0 Å². The highest BCUT2D eigenvalue weighted by Crippen LogP contribution is 2.62. The van der Waals surface area contributed by atoms with Gasteiger partial charge in [0, 0.05) is 37.1 Å².